The average Bonchev–Trinajstić information content (AvgIpc) is 2.52. The fraction of sp³-hybridized carbons (Fsp3) is 0.647. The molecule has 1 aromatic rings. The molecule has 0 aliphatic rings. The topological polar surface area (TPSA) is 46.2 Å². The van der Waals surface area contributed by atoms with E-state index in [0.717, 1.165) is 0 Å². The van der Waals surface area contributed by atoms with Crippen molar-refractivity contribution in [2.75, 3.05) is 26.4 Å². The highest BCUT2D eigenvalue weighted by Crippen LogP contribution is 2.21. The molecular formula is C17H27FO5. The van der Waals surface area contributed by atoms with E-state index in [1.54, 1.807) is 12.1 Å². The molecule has 0 heterocycles. The van der Waals surface area contributed by atoms with Crippen molar-refractivity contribution in [2.45, 2.75) is 46.4 Å². The van der Waals surface area contributed by atoms with E-state index >= 15 is 0 Å². The van der Waals surface area contributed by atoms with Crippen molar-refractivity contribution < 1.29 is 28.1 Å². The maximum Gasteiger partial charge on any atom is 0.200 e. The van der Waals surface area contributed by atoms with Gasteiger partial charge in [-0.05, 0) is 39.8 Å². The molecule has 0 radical (unpaired) electrons. The minimum Gasteiger partial charge on any atom is -0.480 e. The van der Waals surface area contributed by atoms with Crippen molar-refractivity contribution in [1.82, 2.24) is 0 Å². The molecule has 6 heteroatoms. The monoisotopic (exact) mass is 330 g/mol. The Morgan fingerprint density at radius 2 is 1.30 bits per heavy atom. The number of hydrogen-bond donors (Lipinski definition) is 0. The van der Waals surface area contributed by atoms with Crippen LogP contribution in [-0.4, -0.2) is 45.1 Å². The van der Waals surface area contributed by atoms with Gasteiger partial charge in [-0.1, -0.05) is 6.07 Å². The molecule has 0 spiro atoms. The van der Waals surface area contributed by atoms with Crippen LogP contribution in [0.1, 0.15) is 27.7 Å². The van der Waals surface area contributed by atoms with Gasteiger partial charge in [0.25, 0.3) is 0 Å². The molecule has 23 heavy (non-hydrogen) atoms. The Morgan fingerprint density at radius 3 is 1.70 bits per heavy atom. The number of benzene rings is 1. The summed E-state index contributed by atoms with van der Waals surface area (Å²) in [6, 6.07) is 5.90. The number of ether oxygens (including phenoxy) is 5. The highest BCUT2D eigenvalue weighted by Gasteiger charge is 2.34. The van der Waals surface area contributed by atoms with Crippen LogP contribution in [-0.2, 0) is 18.9 Å². The Kier molecular flexibility index (Phi) is 9.78. The molecular weight excluding hydrogens is 303 g/mol. The molecule has 0 atom stereocenters. The van der Waals surface area contributed by atoms with E-state index in [1.165, 1.54) is 12.1 Å². The number of rotatable bonds is 12. The van der Waals surface area contributed by atoms with Gasteiger partial charge in [0.1, 0.15) is 11.6 Å². The lowest BCUT2D eigenvalue weighted by Crippen LogP contribution is -2.47. The summed E-state index contributed by atoms with van der Waals surface area (Å²) in [5, 5.41) is 0. The molecule has 0 aromatic heterocycles. The number of hydrogen-bond acceptors (Lipinski definition) is 5. The second-order valence-corrected chi connectivity index (χ2v) is 4.60. The first kappa shape index (κ1) is 19.8. The molecule has 0 bridgehead atoms. The summed E-state index contributed by atoms with van der Waals surface area (Å²) in [6.45, 7) is 9.22. The van der Waals surface area contributed by atoms with Gasteiger partial charge in [-0.15, -0.1) is 0 Å². The van der Waals surface area contributed by atoms with Crippen molar-refractivity contribution in [1.29, 1.82) is 0 Å². The van der Waals surface area contributed by atoms with Crippen LogP contribution in [0.5, 0.6) is 5.75 Å². The summed E-state index contributed by atoms with van der Waals surface area (Å²) in [5.41, 5.74) is 0. The smallest absolute Gasteiger partial charge is 0.200 e. The molecule has 0 unspecified atom stereocenters. The Hall–Kier alpha value is -1.21. The predicted molar refractivity (Wildman–Crippen MR) is 84.9 cm³/mol. The van der Waals surface area contributed by atoms with Crippen LogP contribution in [0, 0.1) is 5.82 Å². The molecule has 0 aliphatic carbocycles. The first-order chi connectivity index (χ1) is 11.2. The maximum absolute atomic E-state index is 13.4. The quantitative estimate of drug-likeness (QED) is 0.550. The second-order valence-electron chi connectivity index (χ2n) is 4.60. The van der Waals surface area contributed by atoms with E-state index < -0.39 is 18.7 Å². The van der Waals surface area contributed by atoms with E-state index in [2.05, 4.69) is 0 Å². The van der Waals surface area contributed by atoms with Gasteiger partial charge in [-0.2, -0.15) is 0 Å². The summed E-state index contributed by atoms with van der Waals surface area (Å²) in [7, 11) is 0. The molecule has 0 saturated carbocycles. The summed E-state index contributed by atoms with van der Waals surface area (Å²) in [5.74, 6) is -0.0150. The number of halogens is 1. The van der Waals surface area contributed by atoms with Gasteiger partial charge in [0, 0.05) is 32.5 Å². The zero-order valence-electron chi connectivity index (χ0n) is 14.3. The molecule has 1 aromatic carbocycles. The van der Waals surface area contributed by atoms with Gasteiger partial charge in [0.2, 0.25) is 0 Å². The van der Waals surface area contributed by atoms with Crippen molar-refractivity contribution in [3.8, 4) is 5.75 Å². The van der Waals surface area contributed by atoms with Crippen LogP contribution in [0.2, 0.25) is 0 Å². The van der Waals surface area contributed by atoms with Crippen LogP contribution < -0.4 is 4.74 Å². The lowest BCUT2D eigenvalue weighted by molar-refractivity contribution is -0.261. The standard InChI is InChI=1S/C17H27FO5/c1-5-19-16(20-6-2)15(17(21-7-3)22-8-4)23-14-11-9-10-13(18)12-14/h9-12,15-17H,5-8H2,1-4H3. The fourth-order valence-corrected chi connectivity index (χ4v) is 2.07. The van der Waals surface area contributed by atoms with Gasteiger partial charge in [0.05, 0.1) is 0 Å². The molecule has 5 nitrogen and oxygen atoms in total. The van der Waals surface area contributed by atoms with Crippen LogP contribution in [0.25, 0.3) is 0 Å². The molecule has 1 rings (SSSR count). The molecule has 132 valence electrons. The molecule has 0 N–H and O–H groups in total. The van der Waals surface area contributed by atoms with E-state index in [-0.39, 0.29) is 5.82 Å². The van der Waals surface area contributed by atoms with Gasteiger partial charge in [-0.25, -0.2) is 4.39 Å². The highest BCUT2D eigenvalue weighted by atomic mass is 19.1. The van der Waals surface area contributed by atoms with Crippen molar-refractivity contribution in [3.63, 3.8) is 0 Å². The molecule has 0 saturated heterocycles. The Balaban J connectivity index is 3.00. The van der Waals surface area contributed by atoms with E-state index in [9.17, 15) is 4.39 Å². The third kappa shape index (κ3) is 6.83. The lowest BCUT2D eigenvalue weighted by atomic mass is 10.3. The Labute approximate surface area is 137 Å². The largest absolute Gasteiger partial charge is 0.480 e. The van der Waals surface area contributed by atoms with E-state index in [4.69, 9.17) is 23.7 Å². The summed E-state index contributed by atoms with van der Waals surface area (Å²) in [4.78, 5) is 0. The fourth-order valence-electron chi connectivity index (χ4n) is 2.07. The van der Waals surface area contributed by atoms with Crippen molar-refractivity contribution in [3.05, 3.63) is 30.1 Å². The van der Waals surface area contributed by atoms with Gasteiger partial charge in [0.15, 0.2) is 18.7 Å². The molecule has 0 aliphatic heterocycles. The third-order valence-electron chi connectivity index (χ3n) is 2.93. The first-order valence-corrected chi connectivity index (χ1v) is 8.04. The van der Waals surface area contributed by atoms with E-state index in [1.807, 2.05) is 27.7 Å². The van der Waals surface area contributed by atoms with Gasteiger partial charge < -0.3 is 23.7 Å². The van der Waals surface area contributed by atoms with Crippen LogP contribution in [0.4, 0.5) is 4.39 Å². The predicted octanol–water partition coefficient (Wildman–Crippen LogP) is 3.37. The Morgan fingerprint density at radius 1 is 0.826 bits per heavy atom. The van der Waals surface area contributed by atoms with Crippen LogP contribution in [0.3, 0.4) is 0 Å². The second kappa shape index (κ2) is 11.3. The zero-order chi connectivity index (χ0) is 17.1. The normalized spacial score (nSPS) is 11.7. The van der Waals surface area contributed by atoms with Crippen molar-refractivity contribution >= 4 is 0 Å². The van der Waals surface area contributed by atoms with Gasteiger partial charge >= 0.3 is 0 Å². The summed E-state index contributed by atoms with van der Waals surface area (Å²) >= 11 is 0. The average molecular weight is 330 g/mol. The zero-order valence-corrected chi connectivity index (χ0v) is 14.3. The van der Waals surface area contributed by atoms with Crippen LogP contribution in [0.15, 0.2) is 24.3 Å². The van der Waals surface area contributed by atoms with Crippen LogP contribution >= 0.6 is 0 Å². The van der Waals surface area contributed by atoms with Gasteiger partial charge in [-0.3, -0.25) is 0 Å². The first-order valence-electron chi connectivity index (χ1n) is 8.04. The van der Waals surface area contributed by atoms with Crippen molar-refractivity contribution in [2.24, 2.45) is 0 Å². The maximum atomic E-state index is 13.4. The minimum absolute atomic E-state index is 0.365. The molecule has 0 fully saturated rings. The highest BCUT2D eigenvalue weighted by molar-refractivity contribution is 5.22. The summed E-state index contributed by atoms with van der Waals surface area (Å²) in [6.07, 6.45) is -2.05. The minimum atomic E-state index is -0.684. The van der Waals surface area contributed by atoms with E-state index in [0.29, 0.717) is 32.2 Å². The molecule has 0 amide bonds. The SMILES string of the molecule is CCOC(OCC)C(Oc1cccc(F)c1)C(OCC)OCC. The summed E-state index contributed by atoms with van der Waals surface area (Å²) < 4.78 is 41.8. The third-order valence-corrected chi connectivity index (χ3v) is 2.93. The Bertz CT molecular complexity index is 401. The lowest BCUT2D eigenvalue weighted by Gasteiger charge is -2.32.